The van der Waals surface area contributed by atoms with Gasteiger partial charge in [-0.25, -0.2) is 4.68 Å². The molecule has 0 amide bonds. The van der Waals surface area contributed by atoms with E-state index in [0.717, 1.165) is 12.3 Å². The van der Waals surface area contributed by atoms with E-state index >= 15 is 0 Å². The Morgan fingerprint density at radius 1 is 1.56 bits per heavy atom. The molecule has 1 fully saturated rings. The molecule has 0 unspecified atom stereocenters. The molecule has 1 heterocycles. The lowest BCUT2D eigenvalue weighted by molar-refractivity contribution is 0.100. The molecular formula is C13H21N3O2. The lowest BCUT2D eigenvalue weighted by Crippen LogP contribution is -2.25. The van der Waals surface area contributed by atoms with Gasteiger partial charge in [0.25, 0.3) is 5.56 Å². The molecule has 1 aromatic rings. The highest BCUT2D eigenvalue weighted by molar-refractivity contribution is 5.41. The van der Waals surface area contributed by atoms with Gasteiger partial charge in [-0.05, 0) is 18.8 Å². The summed E-state index contributed by atoms with van der Waals surface area (Å²) < 4.78 is 6.89. The van der Waals surface area contributed by atoms with Crippen LogP contribution in [0.25, 0.3) is 0 Å². The van der Waals surface area contributed by atoms with Gasteiger partial charge in [0.15, 0.2) is 0 Å². The topological polar surface area (TPSA) is 56.1 Å². The van der Waals surface area contributed by atoms with Crippen LogP contribution in [0.5, 0.6) is 0 Å². The van der Waals surface area contributed by atoms with Crippen LogP contribution in [-0.4, -0.2) is 29.0 Å². The summed E-state index contributed by atoms with van der Waals surface area (Å²) >= 11 is 0. The van der Waals surface area contributed by atoms with E-state index in [-0.39, 0.29) is 5.56 Å². The van der Waals surface area contributed by atoms with Crippen molar-refractivity contribution in [3.63, 3.8) is 0 Å². The predicted octanol–water partition coefficient (Wildman–Crippen LogP) is 1.49. The largest absolute Gasteiger partial charge is 0.381 e. The van der Waals surface area contributed by atoms with Gasteiger partial charge in [-0.1, -0.05) is 13.8 Å². The molecule has 1 aliphatic carbocycles. The fraction of sp³-hybridized carbons (Fsp3) is 0.692. The number of rotatable bonds is 7. The lowest BCUT2D eigenvalue weighted by atomic mass is 10.2. The molecule has 5 heteroatoms. The van der Waals surface area contributed by atoms with Gasteiger partial charge in [-0.15, -0.1) is 0 Å². The van der Waals surface area contributed by atoms with Crippen LogP contribution in [0.1, 0.15) is 26.7 Å². The summed E-state index contributed by atoms with van der Waals surface area (Å²) in [6, 6.07) is 2.14. The van der Waals surface area contributed by atoms with Gasteiger partial charge >= 0.3 is 0 Å². The third-order valence-corrected chi connectivity index (χ3v) is 2.72. The number of ether oxygens (including phenoxy) is 1. The Morgan fingerprint density at radius 3 is 2.94 bits per heavy atom. The average Bonchev–Trinajstić information content (AvgIpc) is 3.10. The third kappa shape index (κ3) is 4.14. The Morgan fingerprint density at radius 2 is 2.33 bits per heavy atom. The highest BCUT2D eigenvalue weighted by atomic mass is 16.5. The zero-order valence-corrected chi connectivity index (χ0v) is 11.1. The van der Waals surface area contributed by atoms with Gasteiger partial charge in [-0.3, -0.25) is 4.79 Å². The van der Waals surface area contributed by atoms with Crippen molar-refractivity contribution in [1.29, 1.82) is 0 Å². The van der Waals surface area contributed by atoms with E-state index in [1.807, 2.05) is 0 Å². The first kappa shape index (κ1) is 13.1. The minimum absolute atomic E-state index is 0.0752. The van der Waals surface area contributed by atoms with Crippen molar-refractivity contribution in [3.05, 3.63) is 22.6 Å². The lowest BCUT2D eigenvalue weighted by Gasteiger charge is -2.09. The van der Waals surface area contributed by atoms with Crippen molar-refractivity contribution >= 4 is 5.69 Å². The van der Waals surface area contributed by atoms with Crippen LogP contribution in [0.2, 0.25) is 0 Å². The van der Waals surface area contributed by atoms with Crippen molar-refractivity contribution in [3.8, 4) is 0 Å². The molecule has 1 aromatic heterocycles. The molecule has 5 nitrogen and oxygen atoms in total. The second kappa shape index (κ2) is 6.00. The number of nitrogens with one attached hydrogen (secondary N) is 1. The van der Waals surface area contributed by atoms with Crippen LogP contribution in [0, 0.1) is 5.92 Å². The predicted molar refractivity (Wildman–Crippen MR) is 70.8 cm³/mol. The number of aromatic nitrogens is 2. The summed E-state index contributed by atoms with van der Waals surface area (Å²) in [6.07, 6.45) is 4.08. The van der Waals surface area contributed by atoms with E-state index in [9.17, 15) is 4.79 Å². The molecule has 1 N–H and O–H groups in total. The highest BCUT2D eigenvalue weighted by Gasteiger charge is 2.20. The number of nitrogens with zero attached hydrogens (tertiary/aromatic N) is 2. The van der Waals surface area contributed by atoms with Gasteiger partial charge in [0.2, 0.25) is 0 Å². The van der Waals surface area contributed by atoms with E-state index in [0.29, 0.717) is 25.1 Å². The molecule has 1 aliphatic rings. The number of anilines is 1. The smallest absolute Gasteiger partial charge is 0.268 e. The van der Waals surface area contributed by atoms with E-state index < -0.39 is 0 Å². The van der Waals surface area contributed by atoms with E-state index in [4.69, 9.17) is 4.74 Å². The van der Waals surface area contributed by atoms with Crippen LogP contribution in [0.15, 0.2) is 17.1 Å². The molecule has 18 heavy (non-hydrogen) atoms. The quantitative estimate of drug-likeness (QED) is 0.746. The van der Waals surface area contributed by atoms with Crippen molar-refractivity contribution in [1.82, 2.24) is 9.78 Å². The molecule has 1 saturated carbocycles. The SMILES string of the molecule is CC(C)COCCn1ncc(NC2CC2)cc1=O. The summed E-state index contributed by atoms with van der Waals surface area (Å²) in [4.78, 5) is 11.8. The average molecular weight is 251 g/mol. The van der Waals surface area contributed by atoms with Gasteiger partial charge in [0.1, 0.15) is 0 Å². The Hall–Kier alpha value is -1.36. The summed E-state index contributed by atoms with van der Waals surface area (Å²) in [7, 11) is 0. The highest BCUT2D eigenvalue weighted by Crippen LogP contribution is 2.23. The van der Waals surface area contributed by atoms with E-state index in [1.165, 1.54) is 17.5 Å². The monoisotopic (exact) mass is 251 g/mol. The second-order valence-electron chi connectivity index (χ2n) is 5.19. The second-order valence-corrected chi connectivity index (χ2v) is 5.19. The maximum atomic E-state index is 11.8. The molecule has 2 rings (SSSR count). The first-order valence-electron chi connectivity index (χ1n) is 6.56. The Labute approximate surface area is 107 Å². The van der Waals surface area contributed by atoms with Gasteiger partial charge in [0.05, 0.1) is 25.0 Å². The molecule has 0 aliphatic heterocycles. The third-order valence-electron chi connectivity index (χ3n) is 2.72. The van der Waals surface area contributed by atoms with Crippen molar-refractivity contribution in [2.75, 3.05) is 18.5 Å². The van der Waals surface area contributed by atoms with Crippen LogP contribution < -0.4 is 10.9 Å². The summed E-state index contributed by atoms with van der Waals surface area (Å²) in [5.74, 6) is 0.514. The molecule has 0 aromatic carbocycles. The van der Waals surface area contributed by atoms with Crippen molar-refractivity contribution in [2.24, 2.45) is 5.92 Å². The molecule has 0 radical (unpaired) electrons. The van der Waals surface area contributed by atoms with Crippen LogP contribution in [0.3, 0.4) is 0 Å². The Balaban J connectivity index is 1.82. The maximum Gasteiger partial charge on any atom is 0.268 e. The standard InChI is InChI=1S/C13H21N3O2/c1-10(2)9-18-6-5-16-13(17)7-12(8-14-16)15-11-3-4-11/h7-8,10-11,15H,3-6,9H2,1-2H3. The van der Waals surface area contributed by atoms with E-state index in [1.54, 1.807) is 12.3 Å². The van der Waals surface area contributed by atoms with Crippen molar-refractivity contribution < 1.29 is 4.74 Å². The first-order valence-corrected chi connectivity index (χ1v) is 6.56. The molecule has 100 valence electrons. The zero-order chi connectivity index (χ0) is 13.0. The molecule has 0 atom stereocenters. The molecule has 0 spiro atoms. The Kier molecular flexibility index (Phi) is 4.36. The Bertz CT molecular complexity index is 438. The summed E-state index contributed by atoms with van der Waals surface area (Å²) in [5, 5.41) is 7.40. The zero-order valence-electron chi connectivity index (χ0n) is 11.1. The van der Waals surface area contributed by atoms with Gasteiger partial charge < -0.3 is 10.1 Å². The van der Waals surface area contributed by atoms with Gasteiger partial charge in [0, 0.05) is 18.7 Å². The number of hydrogen-bond donors (Lipinski definition) is 1. The first-order chi connectivity index (χ1) is 8.65. The van der Waals surface area contributed by atoms with Gasteiger partial charge in [-0.2, -0.15) is 5.10 Å². The minimum Gasteiger partial charge on any atom is -0.381 e. The van der Waals surface area contributed by atoms with E-state index in [2.05, 4.69) is 24.3 Å². The fourth-order valence-electron chi connectivity index (χ4n) is 1.61. The van der Waals surface area contributed by atoms with Crippen molar-refractivity contribution in [2.45, 2.75) is 39.3 Å². The minimum atomic E-state index is -0.0752. The maximum absolute atomic E-state index is 11.8. The normalized spacial score (nSPS) is 15.1. The molecule has 0 saturated heterocycles. The van der Waals surface area contributed by atoms with Crippen LogP contribution in [0.4, 0.5) is 5.69 Å². The number of hydrogen-bond acceptors (Lipinski definition) is 4. The summed E-state index contributed by atoms with van der Waals surface area (Å²) in [6.45, 7) is 5.96. The van der Waals surface area contributed by atoms with Crippen LogP contribution in [-0.2, 0) is 11.3 Å². The molecular weight excluding hydrogens is 230 g/mol. The summed E-state index contributed by atoms with van der Waals surface area (Å²) in [5.41, 5.74) is 0.746. The van der Waals surface area contributed by atoms with Crippen LogP contribution >= 0.6 is 0 Å². The fourth-order valence-corrected chi connectivity index (χ4v) is 1.61. The molecule has 0 bridgehead atoms.